The highest BCUT2D eigenvalue weighted by Crippen LogP contribution is 2.34. The normalized spacial score (nSPS) is 14.6. The maximum atomic E-state index is 13.9. The van der Waals surface area contributed by atoms with Crippen molar-refractivity contribution in [3.8, 4) is 16.9 Å². The van der Waals surface area contributed by atoms with Crippen LogP contribution in [0.2, 0.25) is 5.02 Å². The van der Waals surface area contributed by atoms with E-state index in [2.05, 4.69) is 15.4 Å². The molecule has 0 aliphatic carbocycles. The number of hydrogen-bond donors (Lipinski definition) is 1. The van der Waals surface area contributed by atoms with Gasteiger partial charge in [0, 0.05) is 56.8 Å². The Morgan fingerprint density at radius 3 is 2.67 bits per heavy atom. The van der Waals surface area contributed by atoms with Crippen molar-refractivity contribution in [2.24, 2.45) is 7.05 Å². The van der Waals surface area contributed by atoms with E-state index >= 15 is 0 Å². The van der Waals surface area contributed by atoms with E-state index in [0.717, 1.165) is 33.8 Å². The number of carbonyl (C=O) groups is 1. The Morgan fingerprint density at radius 1 is 1.05 bits per heavy atom. The topological polar surface area (TPSA) is 86.4 Å². The largest absolute Gasteiger partial charge is 0.489 e. The molecule has 9 nitrogen and oxygen atoms in total. The Bertz CT molecular complexity index is 1700. The van der Waals surface area contributed by atoms with Gasteiger partial charge in [-0.25, -0.2) is 4.98 Å². The number of aromatic nitrogens is 4. The number of pyridine rings is 1. The number of benzene rings is 2. The number of halogens is 1. The molecule has 0 bridgehead atoms. The molecule has 2 aromatic carbocycles. The van der Waals surface area contributed by atoms with Crippen LogP contribution in [0.3, 0.4) is 0 Å². The van der Waals surface area contributed by atoms with E-state index in [-0.39, 0.29) is 11.9 Å². The van der Waals surface area contributed by atoms with Gasteiger partial charge < -0.3 is 24.3 Å². The first-order valence-corrected chi connectivity index (χ1v) is 14.0. The van der Waals surface area contributed by atoms with Gasteiger partial charge in [0.25, 0.3) is 5.91 Å². The van der Waals surface area contributed by atoms with E-state index in [4.69, 9.17) is 21.1 Å². The molecule has 0 saturated carbocycles. The van der Waals surface area contributed by atoms with Crippen molar-refractivity contribution in [3.63, 3.8) is 0 Å². The number of aryl methyl sites for hydroxylation is 1. The third kappa shape index (κ3) is 5.88. The molecule has 4 heterocycles. The molecule has 1 aliphatic heterocycles. The smallest absolute Gasteiger partial charge is 0.271 e. The molecule has 10 heteroatoms. The molecule has 0 unspecified atom stereocenters. The summed E-state index contributed by atoms with van der Waals surface area (Å²) in [5, 5.41) is 7.95. The van der Waals surface area contributed by atoms with Crippen LogP contribution >= 0.6 is 11.6 Å². The second-order valence-electron chi connectivity index (χ2n) is 10.2. The van der Waals surface area contributed by atoms with E-state index < -0.39 is 0 Å². The number of fused-ring (bicyclic) bond motifs is 1. The maximum absolute atomic E-state index is 13.9. The lowest BCUT2D eigenvalue weighted by molar-refractivity contribution is 0.0388. The second-order valence-corrected chi connectivity index (χ2v) is 10.7. The van der Waals surface area contributed by atoms with Crippen molar-refractivity contribution in [2.45, 2.75) is 25.7 Å². The van der Waals surface area contributed by atoms with Crippen LogP contribution in [-0.4, -0.2) is 49.9 Å². The number of nitrogens with one attached hydrogen (secondary N) is 1. The fourth-order valence-corrected chi connectivity index (χ4v) is 5.40. The van der Waals surface area contributed by atoms with Gasteiger partial charge in [0.05, 0.1) is 23.9 Å². The van der Waals surface area contributed by atoms with Gasteiger partial charge in [-0.3, -0.25) is 9.48 Å². The number of hydrogen-bond acceptors (Lipinski definition) is 6. The number of nitrogens with zero attached hydrogens (tertiary/aromatic N) is 5. The molecule has 1 atom stereocenters. The van der Waals surface area contributed by atoms with E-state index in [1.165, 1.54) is 0 Å². The van der Waals surface area contributed by atoms with Crippen LogP contribution < -0.4 is 10.1 Å². The second kappa shape index (κ2) is 12.1. The number of amides is 1. The standard InChI is InChI=1S/C32H31ClN6O3/c1-37-31(11-12-35-37)36-30-15-27(28(33)16-34-30)24-14-29-32(40)39(25(21-41-2)19-38(29)18-24)17-23-9-6-10-26(13-23)42-20-22-7-4-3-5-8-22/h3-16,18,25H,17,19-21H2,1-2H3,(H,34,36)/t25-/m1/s1. The van der Waals surface area contributed by atoms with E-state index in [1.807, 2.05) is 95.5 Å². The van der Waals surface area contributed by atoms with Gasteiger partial charge in [0.1, 0.15) is 29.7 Å². The summed E-state index contributed by atoms with van der Waals surface area (Å²) in [6.45, 7) is 1.93. The van der Waals surface area contributed by atoms with Crippen LogP contribution in [-0.2, 0) is 31.5 Å². The number of methoxy groups -OCH3 is 1. The molecule has 6 rings (SSSR count). The van der Waals surface area contributed by atoms with E-state index in [9.17, 15) is 4.79 Å². The Kier molecular flexibility index (Phi) is 7.94. The molecule has 214 valence electrons. The summed E-state index contributed by atoms with van der Waals surface area (Å²) in [6, 6.07) is 23.4. The summed E-state index contributed by atoms with van der Waals surface area (Å²) in [5.41, 5.74) is 4.30. The average molecular weight is 583 g/mol. The van der Waals surface area contributed by atoms with Crippen molar-refractivity contribution in [1.82, 2.24) is 24.2 Å². The molecule has 0 saturated heterocycles. The van der Waals surface area contributed by atoms with Gasteiger partial charge in [-0.2, -0.15) is 5.10 Å². The summed E-state index contributed by atoms with van der Waals surface area (Å²) in [6.07, 6.45) is 5.30. The Morgan fingerprint density at radius 2 is 1.88 bits per heavy atom. The lowest BCUT2D eigenvalue weighted by Gasteiger charge is -2.36. The molecule has 1 aliphatic rings. The molecule has 0 spiro atoms. The van der Waals surface area contributed by atoms with Crippen LogP contribution in [0.1, 0.15) is 21.6 Å². The first kappa shape index (κ1) is 27.6. The molecule has 3 aromatic heterocycles. The Hall–Kier alpha value is -4.60. The zero-order valence-corrected chi connectivity index (χ0v) is 24.2. The Labute approximate surface area is 249 Å². The minimum absolute atomic E-state index is 0.0661. The third-order valence-corrected chi connectivity index (χ3v) is 7.63. The van der Waals surface area contributed by atoms with Crippen LogP contribution in [0, 0.1) is 0 Å². The summed E-state index contributed by atoms with van der Waals surface area (Å²) >= 11 is 6.59. The van der Waals surface area contributed by atoms with Gasteiger partial charge in [-0.1, -0.05) is 54.1 Å². The lowest BCUT2D eigenvalue weighted by Crippen LogP contribution is -2.49. The van der Waals surface area contributed by atoms with Crippen molar-refractivity contribution in [2.75, 3.05) is 19.0 Å². The SMILES string of the molecule is COC[C@H]1Cn2cc(-c3cc(Nc4ccnn4C)ncc3Cl)cc2C(=O)N1Cc1cccc(OCc2ccccc2)c1. The predicted molar refractivity (Wildman–Crippen MR) is 162 cm³/mol. The number of rotatable bonds is 10. The lowest BCUT2D eigenvalue weighted by atomic mass is 10.1. The highest BCUT2D eigenvalue weighted by Gasteiger charge is 2.33. The summed E-state index contributed by atoms with van der Waals surface area (Å²) in [7, 11) is 3.51. The summed E-state index contributed by atoms with van der Waals surface area (Å²) < 4.78 is 15.3. The number of carbonyl (C=O) groups excluding carboxylic acids is 1. The minimum Gasteiger partial charge on any atom is -0.489 e. The number of anilines is 2. The molecule has 1 N–H and O–H groups in total. The summed E-state index contributed by atoms with van der Waals surface area (Å²) in [5.74, 6) is 2.12. The maximum Gasteiger partial charge on any atom is 0.271 e. The first-order valence-electron chi connectivity index (χ1n) is 13.6. The highest BCUT2D eigenvalue weighted by atomic mass is 35.5. The van der Waals surface area contributed by atoms with Crippen LogP contribution in [0.5, 0.6) is 5.75 Å². The highest BCUT2D eigenvalue weighted by molar-refractivity contribution is 6.33. The molecule has 0 fully saturated rings. The summed E-state index contributed by atoms with van der Waals surface area (Å²) in [4.78, 5) is 20.2. The van der Waals surface area contributed by atoms with Gasteiger partial charge in [0.15, 0.2) is 0 Å². The quantitative estimate of drug-likeness (QED) is 0.220. The molecule has 1 amide bonds. The first-order chi connectivity index (χ1) is 20.5. The van der Waals surface area contributed by atoms with Crippen LogP contribution in [0.4, 0.5) is 11.6 Å². The van der Waals surface area contributed by atoms with Gasteiger partial charge >= 0.3 is 0 Å². The van der Waals surface area contributed by atoms with Crippen LogP contribution in [0.15, 0.2) is 91.4 Å². The third-order valence-electron chi connectivity index (χ3n) is 7.33. The van der Waals surface area contributed by atoms with Crippen molar-refractivity contribution in [1.29, 1.82) is 0 Å². The fraction of sp³-hybridized carbons (Fsp3) is 0.219. The van der Waals surface area contributed by atoms with Crippen LogP contribution in [0.25, 0.3) is 11.1 Å². The molecule has 0 radical (unpaired) electrons. The number of ether oxygens (including phenoxy) is 2. The van der Waals surface area contributed by atoms with Crippen molar-refractivity contribution < 1.29 is 14.3 Å². The minimum atomic E-state index is -0.140. The van der Waals surface area contributed by atoms with E-state index in [0.29, 0.717) is 42.8 Å². The van der Waals surface area contributed by atoms with Gasteiger partial charge in [-0.05, 0) is 35.4 Å². The van der Waals surface area contributed by atoms with Gasteiger partial charge in [0.2, 0.25) is 0 Å². The zero-order chi connectivity index (χ0) is 29.1. The monoisotopic (exact) mass is 582 g/mol. The fourth-order valence-electron chi connectivity index (χ4n) is 5.19. The molecule has 5 aromatic rings. The molecular formula is C32H31ClN6O3. The molecular weight excluding hydrogens is 552 g/mol. The Balaban J connectivity index is 1.23. The van der Waals surface area contributed by atoms with Gasteiger partial charge in [-0.15, -0.1) is 0 Å². The van der Waals surface area contributed by atoms with E-state index in [1.54, 1.807) is 24.2 Å². The predicted octanol–water partition coefficient (Wildman–Crippen LogP) is 5.93. The molecule has 42 heavy (non-hydrogen) atoms. The zero-order valence-electron chi connectivity index (χ0n) is 23.4. The average Bonchev–Trinajstić information content (AvgIpc) is 3.62. The van der Waals surface area contributed by atoms with Crippen molar-refractivity contribution >= 4 is 29.1 Å². The van der Waals surface area contributed by atoms with Crippen molar-refractivity contribution in [3.05, 3.63) is 113 Å².